The molecule has 0 unspecified atom stereocenters. The number of anilines is 1. The third-order valence-corrected chi connectivity index (χ3v) is 3.65. The van der Waals surface area contributed by atoms with Crippen LogP contribution in [-0.4, -0.2) is 33.6 Å². The summed E-state index contributed by atoms with van der Waals surface area (Å²) in [6, 6.07) is 6.38. The lowest BCUT2D eigenvalue weighted by Gasteiger charge is -2.09. The summed E-state index contributed by atoms with van der Waals surface area (Å²) in [5.41, 5.74) is 2.61. The SMILES string of the molecule is Cc1cc2c(NCCNC(=O)c3ccc(C)c(F)c3)nccn2n1. The molecule has 0 atom stereocenters. The molecule has 2 N–H and O–H groups in total. The van der Waals surface area contributed by atoms with E-state index in [1.54, 1.807) is 36.0 Å². The zero-order chi connectivity index (χ0) is 17.1. The van der Waals surface area contributed by atoms with Gasteiger partial charge in [-0.25, -0.2) is 13.9 Å². The van der Waals surface area contributed by atoms with Gasteiger partial charge in [-0.15, -0.1) is 0 Å². The minimum absolute atomic E-state index is 0.304. The van der Waals surface area contributed by atoms with Crippen LogP contribution in [0.1, 0.15) is 21.6 Å². The Kier molecular flexibility index (Phi) is 4.41. The van der Waals surface area contributed by atoms with E-state index in [0.29, 0.717) is 30.0 Å². The minimum atomic E-state index is -0.382. The first-order valence-corrected chi connectivity index (χ1v) is 7.64. The summed E-state index contributed by atoms with van der Waals surface area (Å²) in [5.74, 6) is 0.0172. The molecule has 0 spiro atoms. The largest absolute Gasteiger partial charge is 0.367 e. The molecule has 0 saturated heterocycles. The van der Waals surface area contributed by atoms with Gasteiger partial charge in [0.2, 0.25) is 0 Å². The Bertz CT molecular complexity index is 890. The highest BCUT2D eigenvalue weighted by atomic mass is 19.1. The summed E-state index contributed by atoms with van der Waals surface area (Å²) in [5, 5.41) is 10.2. The Morgan fingerprint density at radius 2 is 2.08 bits per heavy atom. The zero-order valence-electron chi connectivity index (χ0n) is 13.5. The molecule has 1 amide bonds. The predicted molar refractivity (Wildman–Crippen MR) is 89.7 cm³/mol. The quantitative estimate of drug-likeness (QED) is 0.706. The second-order valence-corrected chi connectivity index (χ2v) is 5.54. The van der Waals surface area contributed by atoms with Crippen LogP contribution in [0.2, 0.25) is 0 Å². The first-order chi connectivity index (χ1) is 11.5. The van der Waals surface area contributed by atoms with Gasteiger partial charge in [0.1, 0.15) is 11.3 Å². The van der Waals surface area contributed by atoms with Crippen molar-refractivity contribution in [1.82, 2.24) is 19.9 Å². The summed E-state index contributed by atoms with van der Waals surface area (Å²) < 4.78 is 15.2. The molecule has 7 heteroatoms. The fourth-order valence-electron chi connectivity index (χ4n) is 2.37. The molecule has 2 heterocycles. The van der Waals surface area contributed by atoms with Gasteiger partial charge in [0.25, 0.3) is 5.91 Å². The van der Waals surface area contributed by atoms with Gasteiger partial charge < -0.3 is 10.6 Å². The van der Waals surface area contributed by atoms with E-state index in [9.17, 15) is 9.18 Å². The van der Waals surface area contributed by atoms with Crippen molar-refractivity contribution < 1.29 is 9.18 Å². The molecular weight excluding hydrogens is 309 g/mol. The van der Waals surface area contributed by atoms with Crippen molar-refractivity contribution in [3.8, 4) is 0 Å². The van der Waals surface area contributed by atoms with Gasteiger partial charge in [0, 0.05) is 31.0 Å². The van der Waals surface area contributed by atoms with Gasteiger partial charge in [-0.3, -0.25) is 4.79 Å². The monoisotopic (exact) mass is 327 g/mol. The van der Waals surface area contributed by atoms with Crippen LogP contribution in [0, 0.1) is 19.7 Å². The number of hydrogen-bond donors (Lipinski definition) is 2. The van der Waals surface area contributed by atoms with Crippen LogP contribution in [0.4, 0.5) is 10.2 Å². The lowest BCUT2D eigenvalue weighted by molar-refractivity contribution is 0.0954. The highest BCUT2D eigenvalue weighted by molar-refractivity contribution is 5.94. The fraction of sp³-hybridized carbons (Fsp3) is 0.235. The summed E-state index contributed by atoms with van der Waals surface area (Å²) in [6.45, 7) is 4.46. The van der Waals surface area contributed by atoms with Crippen LogP contribution in [0.15, 0.2) is 36.7 Å². The van der Waals surface area contributed by atoms with E-state index in [4.69, 9.17) is 0 Å². The zero-order valence-corrected chi connectivity index (χ0v) is 13.5. The predicted octanol–water partition coefficient (Wildman–Crippen LogP) is 2.33. The molecular formula is C17H18FN5O. The Balaban J connectivity index is 1.56. The minimum Gasteiger partial charge on any atom is -0.367 e. The van der Waals surface area contributed by atoms with E-state index in [-0.39, 0.29) is 11.7 Å². The third-order valence-electron chi connectivity index (χ3n) is 3.65. The summed E-state index contributed by atoms with van der Waals surface area (Å²) in [4.78, 5) is 16.3. The molecule has 0 aliphatic heterocycles. The van der Waals surface area contributed by atoms with Gasteiger partial charge in [0.15, 0.2) is 5.82 Å². The highest BCUT2D eigenvalue weighted by Crippen LogP contribution is 2.14. The van der Waals surface area contributed by atoms with Crippen LogP contribution in [0.25, 0.3) is 5.52 Å². The molecule has 0 fully saturated rings. The summed E-state index contributed by atoms with van der Waals surface area (Å²) in [7, 11) is 0. The topological polar surface area (TPSA) is 71.3 Å². The van der Waals surface area contributed by atoms with Crippen molar-refractivity contribution in [1.29, 1.82) is 0 Å². The van der Waals surface area contributed by atoms with Gasteiger partial charge >= 0.3 is 0 Å². The van der Waals surface area contributed by atoms with E-state index in [1.165, 1.54) is 6.07 Å². The Hall–Kier alpha value is -2.96. The standard InChI is InChI=1S/C17H18FN5O/c1-11-3-4-13(10-14(11)18)17(24)21-6-5-19-16-15-9-12(2)22-23(15)8-7-20-16/h3-4,7-10H,5-6H2,1-2H3,(H,19,20)(H,21,24). The number of nitrogens with zero attached hydrogens (tertiary/aromatic N) is 3. The number of fused-ring (bicyclic) bond motifs is 1. The molecule has 24 heavy (non-hydrogen) atoms. The number of nitrogens with one attached hydrogen (secondary N) is 2. The molecule has 0 aliphatic rings. The van der Waals surface area contributed by atoms with Crippen LogP contribution in [0.3, 0.4) is 0 Å². The maximum atomic E-state index is 13.5. The third kappa shape index (κ3) is 3.34. The maximum absolute atomic E-state index is 13.5. The van der Waals surface area contributed by atoms with E-state index in [2.05, 4.69) is 20.7 Å². The van der Waals surface area contributed by atoms with Crippen LogP contribution in [-0.2, 0) is 0 Å². The molecule has 1 aromatic carbocycles. The first kappa shape index (κ1) is 15.9. The Morgan fingerprint density at radius 3 is 2.88 bits per heavy atom. The van der Waals surface area contributed by atoms with Crippen molar-refractivity contribution in [3.63, 3.8) is 0 Å². The molecule has 0 aliphatic carbocycles. The van der Waals surface area contributed by atoms with Crippen molar-refractivity contribution >= 4 is 17.2 Å². The smallest absolute Gasteiger partial charge is 0.251 e. The number of carbonyl (C=O) groups excluding carboxylic acids is 1. The number of aryl methyl sites for hydroxylation is 2. The van der Waals surface area contributed by atoms with E-state index >= 15 is 0 Å². The number of hydrogen-bond acceptors (Lipinski definition) is 4. The van der Waals surface area contributed by atoms with Crippen molar-refractivity contribution in [2.45, 2.75) is 13.8 Å². The number of halogens is 1. The number of rotatable bonds is 5. The average Bonchev–Trinajstić information content (AvgIpc) is 2.94. The molecule has 124 valence electrons. The first-order valence-electron chi connectivity index (χ1n) is 7.64. The molecule has 0 radical (unpaired) electrons. The van der Waals surface area contributed by atoms with Gasteiger partial charge in [-0.2, -0.15) is 5.10 Å². The summed E-state index contributed by atoms with van der Waals surface area (Å²) >= 11 is 0. The van der Waals surface area contributed by atoms with Gasteiger partial charge in [0.05, 0.1) is 5.69 Å². The lowest BCUT2D eigenvalue weighted by Crippen LogP contribution is -2.29. The van der Waals surface area contributed by atoms with E-state index < -0.39 is 0 Å². The number of benzene rings is 1. The van der Waals surface area contributed by atoms with Crippen molar-refractivity contribution in [3.05, 3.63) is 59.3 Å². The number of aromatic nitrogens is 3. The summed E-state index contributed by atoms with van der Waals surface area (Å²) in [6.07, 6.45) is 3.44. The number of amides is 1. The molecule has 3 aromatic rings. The number of carbonyl (C=O) groups is 1. The molecule has 2 aromatic heterocycles. The van der Waals surface area contributed by atoms with E-state index in [0.717, 1.165) is 11.2 Å². The maximum Gasteiger partial charge on any atom is 0.251 e. The Morgan fingerprint density at radius 1 is 1.25 bits per heavy atom. The lowest BCUT2D eigenvalue weighted by atomic mass is 10.1. The second kappa shape index (κ2) is 6.66. The molecule has 3 rings (SSSR count). The van der Waals surface area contributed by atoms with Crippen LogP contribution in [0.5, 0.6) is 0 Å². The molecule has 6 nitrogen and oxygen atoms in total. The molecule has 0 bridgehead atoms. The normalized spacial score (nSPS) is 10.8. The van der Waals surface area contributed by atoms with Gasteiger partial charge in [-0.1, -0.05) is 6.07 Å². The Labute approximate surface area is 138 Å². The van der Waals surface area contributed by atoms with Gasteiger partial charge in [-0.05, 0) is 37.6 Å². The van der Waals surface area contributed by atoms with Crippen molar-refractivity contribution in [2.75, 3.05) is 18.4 Å². The van der Waals surface area contributed by atoms with Crippen LogP contribution < -0.4 is 10.6 Å². The fourth-order valence-corrected chi connectivity index (χ4v) is 2.37. The van der Waals surface area contributed by atoms with E-state index in [1.807, 2.05) is 13.0 Å². The second-order valence-electron chi connectivity index (χ2n) is 5.54. The average molecular weight is 327 g/mol. The highest BCUT2D eigenvalue weighted by Gasteiger charge is 2.08. The van der Waals surface area contributed by atoms with Crippen molar-refractivity contribution in [2.24, 2.45) is 0 Å². The van der Waals surface area contributed by atoms with Crippen LogP contribution >= 0.6 is 0 Å². The molecule has 0 saturated carbocycles.